The van der Waals surface area contributed by atoms with Gasteiger partial charge in [0, 0.05) is 18.5 Å². The molecule has 4 rings (SSSR count). The summed E-state index contributed by atoms with van der Waals surface area (Å²) in [6, 6.07) is 5.81. The van der Waals surface area contributed by atoms with E-state index in [0.29, 0.717) is 18.3 Å². The number of pyridine rings is 1. The number of Topliss-reactive ketones (excluding diaryl/α,β-unsaturated/α-hetero) is 1. The fourth-order valence-corrected chi connectivity index (χ4v) is 3.10. The summed E-state index contributed by atoms with van der Waals surface area (Å²) in [6.07, 6.45) is 5.66. The number of nitrogens with zero attached hydrogens (tertiary/aromatic N) is 3. The van der Waals surface area contributed by atoms with E-state index in [1.54, 1.807) is 6.20 Å². The third kappa shape index (κ3) is 1.79. The molecule has 2 aromatic heterocycles. The highest BCUT2D eigenvalue weighted by molar-refractivity contribution is 5.99. The predicted octanol–water partition coefficient (Wildman–Crippen LogP) is 2.91. The Morgan fingerprint density at radius 1 is 1.25 bits per heavy atom. The number of ketones is 1. The van der Waals surface area contributed by atoms with Crippen LogP contribution in [-0.2, 0) is 6.42 Å². The van der Waals surface area contributed by atoms with Crippen molar-refractivity contribution in [3.63, 3.8) is 0 Å². The minimum Gasteiger partial charge on any atom is -0.294 e. The van der Waals surface area contributed by atoms with Crippen molar-refractivity contribution in [3.05, 3.63) is 41.3 Å². The van der Waals surface area contributed by atoms with Gasteiger partial charge in [-0.15, -0.1) is 0 Å². The monoisotopic (exact) mass is 267 g/mol. The van der Waals surface area contributed by atoms with Gasteiger partial charge < -0.3 is 0 Å². The highest BCUT2D eigenvalue weighted by Crippen LogP contribution is 2.44. The van der Waals surface area contributed by atoms with E-state index in [4.69, 9.17) is 5.10 Å². The molecule has 1 unspecified atom stereocenters. The van der Waals surface area contributed by atoms with Gasteiger partial charge in [-0.2, -0.15) is 5.10 Å². The van der Waals surface area contributed by atoms with Crippen LogP contribution in [0, 0.1) is 5.92 Å². The van der Waals surface area contributed by atoms with Gasteiger partial charge in [0.2, 0.25) is 0 Å². The average molecular weight is 267 g/mol. The van der Waals surface area contributed by atoms with E-state index in [9.17, 15) is 4.79 Å². The fourth-order valence-electron chi connectivity index (χ4n) is 3.10. The number of hydrogen-bond donors (Lipinski definition) is 0. The molecular weight excluding hydrogens is 250 g/mol. The topological polar surface area (TPSA) is 47.8 Å². The molecule has 4 heteroatoms. The van der Waals surface area contributed by atoms with E-state index in [2.05, 4.69) is 11.9 Å². The van der Waals surface area contributed by atoms with Gasteiger partial charge in [0.25, 0.3) is 0 Å². The Balaban J connectivity index is 1.92. The van der Waals surface area contributed by atoms with Crippen molar-refractivity contribution in [3.8, 4) is 5.82 Å². The zero-order valence-corrected chi connectivity index (χ0v) is 11.5. The van der Waals surface area contributed by atoms with Crippen molar-refractivity contribution >= 4 is 5.78 Å². The van der Waals surface area contributed by atoms with Crippen LogP contribution in [0.1, 0.15) is 53.8 Å². The van der Waals surface area contributed by atoms with Crippen LogP contribution >= 0.6 is 0 Å². The van der Waals surface area contributed by atoms with Gasteiger partial charge in [-0.3, -0.25) is 4.79 Å². The van der Waals surface area contributed by atoms with Gasteiger partial charge in [-0.1, -0.05) is 13.0 Å². The van der Waals surface area contributed by atoms with Crippen LogP contribution < -0.4 is 0 Å². The molecule has 0 N–H and O–H groups in total. The highest BCUT2D eigenvalue weighted by Gasteiger charge is 2.37. The van der Waals surface area contributed by atoms with Crippen LogP contribution in [0.3, 0.4) is 0 Å². The quantitative estimate of drug-likeness (QED) is 0.840. The Morgan fingerprint density at radius 2 is 2.10 bits per heavy atom. The zero-order chi connectivity index (χ0) is 13.7. The van der Waals surface area contributed by atoms with Crippen LogP contribution in [0.25, 0.3) is 5.82 Å². The lowest BCUT2D eigenvalue weighted by atomic mass is 9.86. The summed E-state index contributed by atoms with van der Waals surface area (Å²) >= 11 is 0. The molecule has 0 saturated heterocycles. The number of rotatable bonds is 2. The van der Waals surface area contributed by atoms with Crippen molar-refractivity contribution in [2.45, 2.75) is 38.5 Å². The van der Waals surface area contributed by atoms with Crippen molar-refractivity contribution in [2.75, 3.05) is 0 Å². The lowest BCUT2D eigenvalue weighted by Gasteiger charge is -2.18. The Kier molecular flexibility index (Phi) is 2.52. The first kappa shape index (κ1) is 11.8. The zero-order valence-electron chi connectivity index (χ0n) is 11.5. The Labute approximate surface area is 117 Å². The summed E-state index contributed by atoms with van der Waals surface area (Å²) in [5.41, 5.74) is 2.98. The predicted molar refractivity (Wildman–Crippen MR) is 75.1 cm³/mol. The molecule has 1 fully saturated rings. The lowest BCUT2D eigenvalue weighted by Crippen LogP contribution is -2.20. The second kappa shape index (κ2) is 4.27. The van der Waals surface area contributed by atoms with Crippen LogP contribution in [0.2, 0.25) is 0 Å². The number of carbonyl (C=O) groups excluding carboxylic acids is 1. The van der Waals surface area contributed by atoms with Crippen LogP contribution in [0.4, 0.5) is 0 Å². The smallest absolute Gasteiger partial charge is 0.166 e. The molecule has 102 valence electrons. The van der Waals surface area contributed by atoms with E-state index in [1.165, 1.54) is 0 Å². The molecule has 2 aliphatic carbocycles. The summed E-state index contributed by atoms with van der Waals surface area (Å²) in [5, 5.41) is 4.74. The normalized spacial score (nSPS) is 21.9. The molecule has 4 nitrogen and oxygen atoms in total. The first-order valence-electron chi connectivity index (χ1n) is 7.30. The molecule has 2 heterocycles. The Bertz CT molecular complexity index is 671. The second-order valence-electron chi connectivity index (χ2n) is 6.02. The van der Waals surface area contributed by atoms with E-state index >= 15 is 0 Å². The molecule has 1 saturated carbocycles. The first-order valence-corrected chi connectivity index (χ1v) is 7.30. The SMILES string of the molecule is CC1CC(=O)c2c(C3CC3)nn(-c3ccccn3)c2C1. The average Bonchev–Trinajstić information content (AvgIpc) is 3.21. The first-order chi connectivity index (χ1) is 9.74. The Morgan fingerprint density at radius 3 is 2.80 bits per heavy atom. The van der Waals surface area contributed by atoms with Gasteiger partial charge in [0.05, 0.1) is 17.0 Å². The van der Waals surface area contributed by atoms with E-state index < -0.39 is 0 Å². The molecule has 0 aliphatic heterocycles. The maximum Gasteiger partial charge on any atom is 0.166 e. The van der Waals surface area contributed by atoms with Gasteiger partial charge in [0.15, 0.2) is 11.6 Å². The molecule has 0 radical (unpaired) electrons. The van der Waals surface area contributed by atoms with Crippen LogP contribution in [-0.4, -0.2) is 20.5 Å². The summed E-state index contributed by atoms with van der Waals surface area (Å²) in [5.74, 6) is 1.97. The maximum absolute atomic E-state index is 12.4. The third-order valence-corrected chi connectivity index (χ3v) is 4.19. The molecule has 0 spiro atoms. The van der Waals surface area contributed by atoms with E-state index in [0.717, 1.165) is 42.0 Å². The van der Waals surface area contributed by atoms with Crippen LogP contribution in [0.15, 0.2) is 24.4 Å². The molecule has 0 amide bonds. The van der Waals surface area contributed by atoms with E-state index in [-0.39, 0.29) is 5.78 Å². The summed E-state index contributed by atoms with van der Waals surface area (Å²) in [4.78, 5) is 16.8. The van der Waals surface area contributed by atoms with Gasteiger partial charge >= 0.3 is 0 Å². The van der Waals surface area contributed by atoms with Crippen molar-refractivity contribution < 1.29 is 4.79 Å². The Hall–Kier alpha value is -1.97. The largest absolute Gasteiger partial charge is 0.294 e. The molecule has 2 aromatic rings. The van der Waals surface area contributed by atoms with Gasteiger partial charge in [0.1, 0.15) is 0 Å². The molecule has 2 aliphatic rings. The number of carbonyl (C=O) groups is 1. The number of fused-ring (bicyclic) bond motifs is 1. The minimum atomic E-state index is 0.267. The van der Waals surface area contributed by atoms with Crippen LogP contribution in [0.5, 0.6) is 0 Å². The highest BCUT2D eigenvalue weighted by atomic mass is 16.1. The van der Waals surface area contributed by atoms with Crippen molar-refractivity contribution in [2.24, 2.45) is 5.92 Å². The van der Waals surface area contributed by atoms with Gasteiger partial charge in [-0.25, -0.2) is 9.67 Å². The van der Waals surface area contributed by atoms with Crippen molar-refractivity contribution in [1.82, 2.24) is 14.8 Å². The maximum atomic E-state index is 12.4. The van der Waals surface area contributed by atoms with E-state index in [1.807, 2.05) is 22.9 Å². The second-order valence-corrected chi connectivity index (χ2v) is 6.02. The molecule has 20 heavy (non-hydrogen) atoms. The summed E-state index contributed by atoms with van der Waals surface area (Å²) in [6.45, 7) is 2.13. The fraction of sp³-hybridized carbons (Fsp3) is 0.438. The summed E-state index contributed by atoms with van der Waals surface area (Å²) in [7, 11) is 0. The molecular formula is C16H17N3O. The lowest BCUT2D eigenvalue weighted by molar-refractivity contribution is 0.0951. The third-order valence-electron chi connectivity index (χ3n) is 4.19. The summed E-state index contributed by atoms with van der Waals surface area (Å²) < 4.78 is 1.90. The number of hydrogen-bond acceptors (Lipinski definition) is 3. The minimum absolute atomic E-state index is 0.267. The molecule has 0 aromatic carbocycles. The standard InChI is InChI=1S/C16H17N3O/c1-10-8-12-15(13(20)9-10)16(11-5-6-11)18-19(12)14-4-2-3-7-17-14/h2-4,7,10-11H,5-6,8-9H2,1H3. The van der Waals surface area contributed by atoms with Gasteiger partial charge in [-0.05, 0) is 37.3 Å². The van der Waals surface area contributed by atoms with Crippen molar-refractivity contribution in [1.29, 1.82) is 0 Å². The molecule has 1 atom stereocenters. The molecule has 0 bridgehead atoms. The number of aromatic nitrogens is 3.